The molecule has 0 spiro atoms. The molecule has 172 valence electrons. The molecule has 4 rings (SSSR count). The number of nitrogens with one attached hydrogen (secondary N) is 2. The van der Waals surface area contributed by atoms with E-state index < -0.39 is 11.9 Å². The smallest absolute Gasteiger partial charge is 0.321 e. The summed E-state index contributed by atoms with van der Waals surface area (Å²) < 4.78 is 5.41. The Morgan fingerprint density at radius 2 is 1.82 bits per heavy atom. The maximum Gasteiger partial charge on any atom is 0.321 e. The fourth-order valence-corrected chi connectivity index (χ4v) is 4.16. The van der Waals surface area contributed by atoms with Crippen LogP contribution in [-0.2, 0) is 4.79 Å². The average Bonchev–Trinajstić information content (AvgIpc) is 3.25. The van der Waals surface area contributed by atoms with Crippen molar-refractivity contribution in [3.63, 3.8) is 0 Å². The molecule has 0 atom stereocenters. The minimum absolute atomic E-state index is 0.0512. The molecule has 1 aliphatic carbocycles. The van der Waals surface area contributed by atoms with Crippen LogP contribution in [0.25, 0.3) is 0 Å². The molecular formula is C23H26N6O4. The van der Waals surface area contributed by atoms with E-state index in [4.69, 9.17) is 9.52 Å². The predicted molar refractivity (Wildman–Crippen MR) is 120 cm³/mol. The average molecular weight is 450 g/mol. The maximum absolute atomic E-state index is 12.5. The molecule has 0 bridgehead atoms. The van der Waals surface area contributed by atoms with E-state index >= 15 is 0 Å². The lowest BCUT2D eigenvalue weighted by Gasteiger charge is -2.28. The molecule has 0 radical (unpaired) electrons. The summed E-state index contributed by atoms with van der Waals surface area (Å²) in [6.07, 6.45) is 5.68. The van der Waals surface area contributed by atoms with Gasteiger partial charge in [-0.1, -0.05) is 17.2 Å². The van der Waals surface area contributed by atoms with Gasteiger partial charge in [0.1, 0.15) is 0 Å². The van der Waals surface area contributed by atoms with Crippen LogP contribution in [0.1, 0.15) is 65.7 Å². The fraction of sp³-hybridized carbons (Fsp3) is 0.391. The summed E-state index contributed by atoms with van der Waals surface area (Å²) in [6.45, 7) is 3.65. The fourth-order valence-electron chi connectivity index (χ4n) is 4.16. The molecule has 1 fully saturated rings. The van der Waals surface area contributed by atoms with Gasteiger partial charge in [-0.2, -0.15) is 0 Å². The first kappa shape index (κ1) is 22.4. The first-order chi connectivity index (χ1) is 15.9. The largest absolute Gasteiger partial charge is 0.481 e. The van der Waals surface area contributed by atoms with Crippen molar-refractivity contribution < 1.29 is 19.1 Å². The number of aryl methyl sites for hydroxylation is 2. The zero-order valence-corrected chi connectivity index (χ0v) is 18.5. The second-order valence-electron chi connectivity index (χ2n) is 8.37. The van der Waals surface area contributed by atoms with Crippen molar-refractivity contribution in [3.8, 4) is 0 Å². The molecule has 1 aliphatic rings. The van der Waals surface area contributed by atoms with Crippen LogP contribution >= 0.6 is 0 Å². The third kappa shape index (κ3) is 5.71. The third-order valence-electron chi connectivity index (χ3n) is 5.86. The highest BCUT2D eigenvalue weighted by Crippen LogP contribution is 2.37. The lowest BCUT2D eigenvalue weighted by atomic mass is 9.77. The van der Waals surface area contributed by atoms with Crippen molar-refractivity contribution in [2.45, 2.75) is 51.9 Å². The minimum Gasteiger partial charge on any atom is -0.481 e. The van der Waals surface area contributed by atoms with Gasteiger partial charge in [-0.15, -0.1) is 5.10 Å². The number of anilines is 3. The normalized spacial score (nSPS) is 18.0. The second kappa shape index (κ2) is 9.76. The molecule has 1 saturated carbocycles. The Labute approximate surface area is 190 Å². The monoisotopic (exact) mass is 450 g/mol. The van der Waals surface area contributed by atoms with E-state index in [1.165, 1.54) is 5.56 Å². The highest BCUT2D eigenvalue weighted by Gasteiger charge is 2.24. The molecule has 33 heavy (non-hydrogen) atoms. The lowest BCUT2D eigenvalue weighted by molar-refractivity contribution is -0.138. The zero-order chi connectivity index (χ0) is 23.4. The topological polar surface area (TPSA) is 143 Å². The molecule has 0 saturated heterocycles. The van der Waals surface area contributed by atoms with Crippen LogP contribution in [0.15, 0.2) is 34.9 Å². The van der Waals surface area contributed by atoms with Crippen molar-refractivity contribution >= 4 is 29.4 Å². The van der Waals surface area contributed by atoms with E-state index in [0.29, 0.717) is 23.1 Å². The second-order valence-corrected chi connectivity index (χ2v) is 8.37. The van der Waals surface area contributed by atoms with Crippen molar-refractivity contribution in [2.24, 2.45) is 5.92 Å². The van der Waals surface area contributed by atoms with E-state index in [-0.39, 0.29) is 24.2 Å². The van der Waals surface area contributed by atoms with Gasteiger partial charge in [0.2, 0.25) is 0 Å². The van der Waals surface area contributed by atoms with Gasteiger partial charge in [0.25, 0.3) is 0 Å². The summed E-state index contributed by atoms with van der Waals surface area (Å²) in [5.74, 6) is -0.239. The summed E-state index contributed by atoms with van der Waals surface area (Å²) in [6, 6.07) is 7.74. The molecule has 10 nitrogen and oxygen atoms in total. The Balaban J connectivity index is 1.32. The Morgan fingerprint density at radius 1 is 1.09 bits per heavy atom. The van der Waals surface area contributed by atoms with E-state index in [2.05, 4.69) is 30.8 Å². The predicted octanol–water partition coefficient (Wildman–Crippen LogP) is 4.22. The van der Waals surface area contributed by atoms with Crippen molar-refractivity contribution in [3.05, 3.63) is 53.3 Å². The molecule has 2 aromatic heterocycles. The van der Waals surface area contributed by atoms with E-state index in [1.54, 1.807) is 13.1 Å². The Kier molecular flexibility index (Phi) is 6.62. The number of benzene rings is 1. The van der Waals surface area contributed by atoms with Crippen LogP contribution in [0.5, 0.6) is 0 Å². The van der Waals surface area contributed by atoms with Crippen LogP contribution in [-0.4, -0.2) is 37.1 Å². The molecule has 10 heteroatoms. The number of rotatable bonds is 7. The van der Waals surface area contributed by atoms with Gasteiger partial charge in [-0.05, 0) is 69.1 Å². The molecule has 1 aromatic carbocycles. The molecule has 0 aliphatic heterocycles. The van der Waals surface area contributed by atoms with Gasteiger partial charge in [-0.3, -0.25) is 19.9 Å². The number of carboxylic acids is 1. The Hall–Kier alpha value is -3.82. The number of aromatic nitrogens is 4. The van der Waals surface area contributed by atoms with Crippen LogP contribution in [0.4, 0.5) is 17.5 Å². The number of hydrogen-bond donors (Lipinski definition) is 3. The summed E-state index contributed by atoms with van der Waals surface area (Å²) in [5.41, 5.74) is 3.28. The highest BCUT2D eigenvalue weighted by molar-refractivity contribution is 6.00. The summed E-state index contributed by atoms with van der Waals surface area (Å²) in [4.78, 5) is 31.9. The lowest BCUT2D eigenvalue weighted by Crippen LogP contribution is -2.16. The van der Waals surface area contributed by atoms with Gasteiger partial charge >= 0.3 is 23.8 Å². The van der Waals surface area contributed by atoms with Crippen LogP contribution in [0.3, 0.4) is 0 Å². The molecule has 2 heterocycles. The molecular weight excluding hydrogens is 424 g/mol. The van der Waals surface area contributed by atoms with Crippen molar-refractivity contribution in [1.29, 1.82) is 0 Å². The number of amides is 1. The van der Waals surface area contributed by atoms with E-state index in [1.807, 2.05) is 31.2 Å². The van der Waals surface area contributed by atoms with Gasteiger partial charge in [-0.25, -0.2) is 4.98 Å². The summed E-state index contributed by atoms with van der Waals surface area (Å²) in [5, 5.41) is 22.2. The first-order valence-electron chi connectivity index (χ1n) is 10.9. The summed E-state index contributed by atoms with van der Waals surface area (Å²) >= 11 is 0. The van der Waals surface area contributed by atoms with Gasteiger partial charge < -0.3 is 14.8 Å². The Bertz CT molecular complexity index is 1140. The van der Waals surface area contributed by atoms with Crippen LogP contribution in [0, 0.1) is 19.8 Å². The van der Waals surface area contributed by atoms with Gasteiger partial charge in [0.15, 0.2) is 5.82 Å². The highest BCUT2D eigenvalue weighted by atomic mass is 16.4. The van der Waals surface area contributed by atoms with Gasteiger partial charge in [0, 0.05) is 12.1 Å². The van der Waals surface area contributed by atoms with E-state index in [9.17, 15) is 9.59 Å². The van der Waals surface area contributed by atoms with E-state index in [0.717, 1.165) is 31.4 Å². The van der Waals surface area contributed by atoms with Crippen LogP contribution < -0.4 is 10.6 Å². The van der Waals surface area contributed by atoms with Gasteiger partial charge in [0.05, 0.1) is 17.6 Å². The summed E-state index contributed by atoms with van der Waals surface area (Å²) in [7, 11) is 0. The third-order valence-corrected chi connectivity index (χ3v) is 5.86. The quantitative estimate of drug-likeness (QED) is 0.482. The van der Waals surface area contributed by atoms with Crippen molar-refractivity contribution in [2.75, 3.05) is 10.6 Å². The Morgan fingerprint density at radius 3 is 2.48 bits per heavy atom. The number of carbonyl (C=O) groups excluding carboxylic acids is 1. The molecule has 1 amide bonds. The molecule has 3 aromatic rings. The number of aliphatic carboxylic acids is 1. The molecule has 0 unspecified atom stereocenters. The first-order valence-corrected chi connectivity index (χ1v) is 10.9. The molecule has 3 N–H and O–H groups in total. The SMILES string of the molecule is Cc1cnc(Nc2nnc(C(=O)Nc3ccc(C4CCC(CC(=O)O)CC4)cc3)o2)c(C)n1. The number of nitrogens with zero attached hydrogens (tertiary/aromatic N) is 4. The minimum atomic E-state index is -0.721. The standard InChI is InChI=1S/C23H26N6O4/c1-13-12-24-20(14(2)25-13)27-23-29-28-22(33-23)21(32)26-18-9-7-17(8-10-18)16-5-3-15(4-6-16)11-19(30)31/h7-10,12,15-16H,3-6,11H2,1-2H3,(H,26,32)(H,30,31)(H,24,27,29). The number of carbonyl (C=O) groups is 2. The maximum atomic E-state index is 12.5. The van der Waals surface area contributed by atoms with Crippen LogP contribution in [0.2, 0.25) is 0 Å². The zero-order valence-electron chi connectivity index (χ0n) is 18.5. The number of carboxylic acid groups (broad SMARTS) is 1. The number of hydrogen-bond acceptors (Lipinski definition) is 8. The van der Waals surface area contributed by atoms with Crippen molar-refractivity contribution in [1.82, 2.24) is 20.2 Å².